The Morgan fingerprint density at radius 3 is 2.86 bits per heavy atom. The third kappa shape index (κ3) is 3.72. The predicted molar refractivity (Wildman–Crippen MR) is 73.4 cm³/mol. The highest BCUT2D eigenvalue weighted by atomic mass is 31.2. The Labute approximate surface area is 124 Å². The van der Waals surface area contributed by atoms with Gasteiger partial charge in [-0.15, -0.1) is 0 Å². The SMILES string of the molecule is COP(=O)(O)OCC1OC(n2cc(C)c(=O)[nH]c2=O)CC1O. The normalized spacial score (nSPS) is 27.7. The summed E-state index contributed by atoms with van der Waals surface area (Å²) in [5, 5.41) is 9.90. The summed E-state index contributed by atoms with van der Waals surface area (Å²) in [6.45, 7) is 1.15. The first-order valence-electron chi connectivity index (χ1n) is 6.42. The molecule has 1 aromatic rings. The van der Waals surface area contributed by atoms with Gasteiger partial charge in [0.1, 0.15) is 12.3 Å². The van der Waals surface area contributed by atoms with E-state index in [-0.39, 0.29) is 13.0 Å². The molecule has 124 valence electrons. The van der Waals surface area contributed by atoms with Crippen molar-refractivity contribution >= 4 is 7.82 Å². The van der Waals surface area contributed by atoms with Crippen LogP contribution in [0.3, 0.4) is 0 Å². The van der Waals surface area contributed by atoms with Gasteiger partial charge in [0.25, 0.3) is 5.56 Å². The number of hydrogen-bond donors (Lipinski definition) is 3. The van der Waals surface area contributed by atoms with E-state index in [9.17, 15) is 19.3 Å². The molecule has 4 atom stereocenters. The van der Waals surface area contributed by atoms with Crippen LogP contribution in [0.1, 0.15) is 18.2 Å². The van der Waals surface area contributed by atoms with Crippen molar-refractivity contribution in [3.05, 3.63) is 32.6 Å². The third-order valence-electron chi connectivity index (χ3n) is 3.29. The first kappa shape index (κ1) is 17.1. The summed E-state index contributed by atoms with van der Waals surface area (Å²) in [4.78, 5) is 34.4. The van der Waals surface area contributed by atoms with Crippen LogP contribution in [-0.2, 0) is 18.3 Å². The Balaban J connectivity index is 2.11. The van der Waals surface area contributed by atoms with Gasteiger partial charge in [0.2, 0.25) is 0 Å². The fourth-order valence-electron chi connectivity index (χ4n) is 2.06. The van der Waals surface area contributed by atoms with E-state index in [4.69, 9.17) is 9.63 Å². The molecular weight excluding hydrogens is 319 g/mol. The molecule has 0 bridgehead atoms. The Bertz CT molecular complexity index is 698. The van der Waals surface area contributed by atoms with Gasteiger partial charge in [-0.25, -0.2) is 9.36 Å². The smallest absolute Gasteiger partial charge is 0.390 e. The molecule has 1 aliphatic rings. The number of ether oxygens (including phenoxy) is 1. The van der Waals surface area contributed by atoms with Gasteiger partial charge in [-0.3, -0.25) is 23.4 Å². The fraction of sp³-hybridized carbons (Fsp3) is 0.636. The minimum Gasteiger partial charge on any atom is -0.390 e. The molecule has 10 nitrogen and oxygen atoms in total. The number of hydrogen-bond acceptors (Lipinski definition) is 7. The number of H-pyrrole nitrogens is 1. The van der Waals surface area contributed by atoms with Gasteiger partial charge in [-0.2, -0.15) is 0 Å². The van der Waals surface area contributed by atoms with Gasteiger partial charge in [-0.1, -0.05) is 0 Å². The van der Waals surface area contributed by atoms with E-state index >= 15 is 0 Å². The number of aliphatic hydroxyl groups is 1. The van der Waals surface area contributed by atoms with Crippen LogP contribution in [0.4, 0.5) is 0 Å². The van der Waals surface area contributed by atoms with Gasteiger partial charge in [0.05, 0.1) is 12.7 Å². The van der Waals surface area contributed by atoms with Crippen molar-refractivity contribution in [3.63, 3.8) is 0 Å². The number of phosphoric ester groups is 1. The first-order valence-corrected chi connectivity index (χ1v) is 7.91. The summed E-state index contributed by atoms with van der Waals surface area (Å²) in [5.41, 5.74) is -0.850. The number of aliphatic hydroxyl groups excluding tert-OH is 1. The van der Waals surface area contributed by atoms with Crippen molar-refractivity contribution in [1.82, 2.24) is 9.55 Å². The van der Waals surface area contributed by atoms with Crippen molar-refractivity contribution in [2.24, 2.45) is 0 Å². The number of nitrogens with one attached hydrogen (secondary N) is 1. The van der Waals surface area contributed by atoms with Gasteiger partial charge < -0.3 is 14.7 Å². The Morgan fingerprint density at radius 1 is 1.55 bits per heavy atom. The Morgan fingerprint density at radius 2 is 2.23 bits per heavy atom. The maximum absolute atomic E-state index is 11.8. The summed E-state index contributed by atoms with van der Waals surface area (Å²) in [5.74, 6) is 0. The van der Waals surface area contributed by atoms with Gasteiger partial charge >= 0.3 is 13.5 Å². The molecular formula is C11H17N2O8P. The van der Waals surface area contributed by atoms with Gasteiger partial charge in [-0.05, 0) is 6.92 Å². The number of aromatic amines is 1. The molecule has 0 amide bonds. The molecule has 1 aromatic heterocycles. The van der Waals surface area contributed by atoms with E-state index in [1.54, 1.807) is 0 Å². The molecule has 0 radical (unpaired) electrons. The summed E-state index contributed by atoms with van der Waals surface area (Å²) in [7, 11) is -3.16. The summed E-state index contributed by atoms with van der Waals surface area (Å²) >= 11 is 0. The zero-order chi connectivity index (χ0) is 16.5. The second-order valence-electron chi connectivity index (χ2n) is 4.86. The lowest BCUT2D eigenvalue weighted by Gasteiger charge is -2.17. The van der Waals surface area contributed by atoms with Crippen molar-refractivity contribution in [2.45, 2.75) is 31.8 Å². The molecule has 22 heavy (non-hydrogen) atoms. The number of aryl methyl sites for hydroxylation is 1. The van der Waals surface area contributed by atoms with Crippen LogP contribution in [0.25, 0.3) is 0 Å². The second kappa shape index (κ2) is 6.45. The lowest BCUT2D eigenvalue weighted by Crippen LogP contribution is -2.33. The highest BCUT2D eigenvalue weighted by molar-refractivity contribution is 7.47. The lowest BCUT2D eigenvalue weighted by molar-refractivity contribution is -0.0458. The standard InChI is InChI=1S/C11H17N2O8P/c1-6-4-13(11(16)12-10(6)15)9-3-7(14)8(21-9)5-20-22(17,18)19-2/h4,7-9,14H,3,5H2,1-2H3,(H,17,18)(H,12,15,16). The van der Waals surface area contributed by atoms with Gasteiger partial charge in [0.15, 0.2) is 0 Å². The van der Waals surface area contributed by atoms with Crippen molar-refractivity contribution < 1.29 is 28.3 Å². The zero-order valence-electron chi connectivity index (χ0n) is 12.0. The quantitative estimate of drug-likeness (QED) is 0.597. The van der Waals surface area contributed by atoms with E-state index < -0.39 is 37.5 Å². The topological polar surface area (TPSA) is 140 Å². The average molecular weight is 336 g/mol. The van der Waals surface area contributed by atoms with E-state index in [2.05, 4.69) is 14.0 Å². The van der Waals surface area contributed by atoms with Crippen LogP contribution in [0.15, 0.2) is 15.8 Å². The lowest BCUT2D eigenvalue weighted by atomic mass is 10.2. The maximum Gasteiger partial charge on any atom is 0.472 e. The molecule has 2 rings (SSSR count). The Hall–Kier alpha value is -1.29. The zero-order valence-corrected chi connectivity index (χ0v) is 12.9. The monoisotopic (exact) mass is 336 g/mol. The van der Waals surface area contributed by atoms with Crippen LogP contribution in [0.2, 0.25) is 0 Å². The molecule has 0 spiro atoms. The maximum atomic E-state index is 11.8. The van der Waals surface area contributed by atoms with Crippen LogP contribution in [0, 0.1) is 6.92 Å². The Kier molecular flexibility index (Phi) is 5.00. The molecule has 3 N–H and O–H groups in total. The molecule has 2 heterocycles. The molecule has 1 saturated heterocycles. The molecule has 11 heteroatoms. The number of phosphoric acid groups is 1. The summed E-state index contributed by atoms with van der Waals surface area (Å²) in [6, 6.07) is 0. The van der Waals surface area contributed by atoms with Crippen molar-refractivity contribution in [2.75, 3.05) is 13.7 Å². The number of rotatable bonds is 5. The van der Waals surface area contributed by atoms with Crippen LogP contribution in [-0.4, -0.2) is 45.5 Å². The molecule has 0 aromatic carbocycles. The van der Waals surface area contributed by atoms with Crippen LogP contribution >= 0.6 is 7.82 Å². The minimum absolute atomic E-state index is 0.0716. The van der Waals surface area contributed by atoms with E-state index in [1.807, 2.05) is 0 Å². The number of nitrogens with zero attached hydrogens (tertiary/aromatic N) is 1. The number of aromatic nitrogens is 2. The molecule has 1 aliphatic heterocycles. The van der Waals surface area contributed by atoms with Crippen LogP contribution < -0.4 is 11.2 Å². The highest BCUT2D eigenvalue weighted by Crippen LogP contribution is 2.43. The third-order valence-corrected chi connectivity index (χ3v) is 4.23. The highest BCUT2D eigenvalue weighted by Gasteiger charge is 2.37. The van der Waals surface area contributed by atoms with E-state index in [0.717, 1.165) is 11.7 Å². The average Bonchev–Trinajstić information content (AvgIpc) is 2.82. The largest absolute Gasteiger partial charge is 0.472 e. The van der Waals surface area contributed by atoms with E-state index in [1.165, 1.54) is 13.1 Å². The van der Waals surface area contributed by atoms with Gasteiger partial charge in [0, 0.05) is 25.3 Å². The summed E-state index contributed by atoms with van der Waals surface area (Å²) < 4.78 is 26.7. The molecule has 0 aliphatic carbocycles. The first-order chi connectivity index (χ1) is 10.2. The second-order valence-corrected chi connectivity index (χ2v) is 6.42. The van der Waals surface area contributed by atoms with Crippen molar-refractivity contribution in [1.29, 1.82) is 0 Å². The molecule has 0 saturated carbocycles. The fourth-order valence-corrected chi connectivity index (χ4v) is 2.50. The van der Waals surface area contributed by atoms with E-state index in [0.29, 0.717) is 5.56 Å². The minimum atomic E-state index is -4.18. The molecule has 1 fully saturated rings. The summed E-state index contributed by atoms with van der Waals surface area (Å²) in [6.07, 6.45) is -1.32. The molecule has 4 unspecified atom stereocenters. The predicted octanol–water partition coefficient (Wildman–Crippen LogP) is -0.743. The van der Waals surface area contributed by atoms with Crippen LogP contribution in [0.5, 0.6) is 0 Å². The van der Waals surface area contributed by atoms with Crippen molar-refractivity contribution in [3.8, 4) is 0 Å².